The number of hydrogen-bond donors (Lipinski definition) is 0. The topological polar surface area (TPSA) is 30.0 Å². The lowest BCUT2D eigenvalue weighted by atomic mass is 10.1. The maximum atomic E-state index is 12.9. The van der Waals surface area contributed by atoms with Crippen molar-refractivity contribution in [3.8, 4) is 0 Å². The number of fused-ring (bicyclic) bond motifs is 1. The molecule has 0 atom stereocenters. The Kier molecular flexibility index (Phi) is 2.46. The van der Waals surface area contributed by atoms with Crippen molar-refractivity contribution in [1.29, 1.82) is 0 Å². The number of nitrogens with zero attached hydrogens (tertiary/aromatic N) is 1. The van der Waals surface area contributed by atoms with Crippen LogP contribution in [0.2, 0.25) is 0 Å². The average molecular weight is 203 g/mol. The van der Waals surface area contributed by atoms with Crippen LogP contribution in [0.5, 0.6) is 0 Å². The van der Waals surface area contributed by atoms with Crippen LogP contribution in [0, 0.1) is 5.82 Å². The van der Waals surface area contributed by atoms with E-state index in [1.165, 1.54) is 19.1 Å². The first-order valence-corrected chi connectivity index (χ1v) is 4.70. The van der Waals surface area contributed by atoms with Crippen molar-refractivity contribution in [2.75, 3.05) is 0 Å². The molecule has 3 heteroatoms. The van der Waals surface area contributed by atoms with Gasteiger partial charge in [-0.05, 0) is 25.1 Å². The highest BCUT2D eigenvalue weighted by molar-refractivity contribution is 5.81. The third-order valence-electron chi connectivity index (χ3n) is 2.14. The quantitative estimate of drug-likeness (QED) is 0.750. The lowest BCUT2D eigenvalue weighted by molar-refractivity contribution is -0.116. The van der Waals surface area contributed by atoms with Crippen molar-refractivity contribution in [2.45, 2.75) is 13.3 Å². The van der Waals surface area contributed by atoms with Crippen molar-refractivity contribution in [2.24, 2.45) is 0 Å². The smallest absolute Gasteiger partial charge is 0.135 e. The Morgan fingerprint density at radius 1 is 1.33 bits per heavy atom. The van der Waals surface area contributed by atoms with Crippen LogP contribution in [-0.4, -0.2) is 10.8 Å². The second kappa shape index (κ2) is 3.77. The predicted molar refractivity (Wildman–Crippen MR) is 56.1 cm³/mol. The zero-order valence-corrected chi connectivity index (χ0v) is 8.33. The summed E-state index contributed by atoms with van der Waals surface area (Å²) in [5.74, 6) is -0.256. The molecular formula is C12H10FNO. The molecule has 0 N–H and O–H groups in total. The molecule has 0 saturated heterocycles. The maximum absolute atomic E-state index is 12.9. The second-order valence-electron chi connectivity index (χ2n) is 3.52. The minimum Gasteiger partial charge on any atom is -0.300 e. The lowest BCUT2D eigenvalue weighted by Gasteiger charge is -2.00. The van der Waals surface area contributed by atoms with Gasteiger partial charge in [-0.15, -0.1) is 0 Å². The molecule has 2 aromatic rings. The van der Waals surface area contributed by atoms with Crippen molar-refractivity contribution in [3.63, 3.8) is 0 Å². The Balaban J connectivity index is 2.49. The van der Waals surface area contributed by atoms with Crippen molar-refractivity contribution < 1.29 is 9.18 Å². The monoisotopic (exact) mass is 203 g/mol. The van der Waals surface area contributed by atoms with E-state index in [-0.39, 0.29) is 11.6 Å². The van der Waals surface area contributed by atoms with Gasteiger partial charge in [0.25, 0.3) is 0 Å². The molecule has 0 fully saturated rings. The molecule has 2 nitrogen and oxygen atoms in total. The summed E-state index contributed by atoms with van der Waals surface area (Å²) in [7, 11) is 0. The summed E-state index contributed by atoms with van der Waals surface area (Å²) in [5.41, 5.74) is 1.27. The molecule has 0 aliphatic rings. The molecular weight excluding hydrogens is 193 g/mol. The molecule has 0 aliphatic carbocycles. The minimum absolute atomic E-state index is 0.0539. The van der Waals surface area contributed by atoms with Crippen LogP contribution < -0.4 is 0 Å². The van der Waals surface area contributed by atoms with Gasteiger partial charge in [0.15, 0.2) is 0 Å². The zero-order valence-electron chi connectivity index (χ0n) is 8.33. The Bertz CT molecular complexity index is 522. The van der Waals surface area contributed by atoms with Gasteiger partial charge in [0.1, 0.15) is 11.6 Å². The van der Waals surface area contributed by atoms with Crippen LogP contribution in [0.3, 0.4) is 0 Å². The second-order valence-corrected chi connectivity index (χ2v) is 3.52. The first-order valence-electron chi connectivity index (χ1n) is 4.70. The highest BCUT2D eigenvalue weighted by Crippen LogP contribution is 2.14. The molecule has 1 aromatic carbocycles. The first-order chi connectivity index (χ1) is 7.15. The Morgan fingerprint density at radius 2 is 2.07 bits per heavy atom. The number of benzene rings is 1. The van der Waals surface area contributed by atoms with Gasteiger partial charge in [-0.25, -0.2) is 4.39 Å². The molecule has 0 amide bonds. The van der Waals surface area contributed by atoms with Crippen LogP contribution in [0.25, 0.3) is 10.9 Å². The summed E-state index contributed by atoms with van der Waals surface area (Å²) in [5, 5.41) is 0.878. The Morgan fingerprint density at radius 3 is 2.80 bits per heavy atom. The number of Topliss-reactive ketones (excluding diaryl/α,β-unsaturated/α-hetero) is 1. The molecule has 0 spiro atoms. The average Bonchev–Trinajstić information content (AvgIpc) is 2.16. The predicted octanol–water partition coefficient (Wildman–Crippen LogP) is 2.51. The lowest BCUT2D eigenvalue weighted by Crippen LogP contribution is -1.99. The molecule has 76 valence electrons. The summed E-state index contributed by atoms with van der Waals surface area (Å²) in [4.78, 5) is 15.1. The van der Waals surface area contributed by atoms with Crippen LogP contribution in [0.4, 0.5) is 4.39 Å². The number of hydrogen-bond acceptors (Lipinski definition) is 2. The molecule has 15 heavy (non-hydrogen) atoms. The van der Waals surface area contributed by atoms with Crippen LogP contribution >= 0.6 is 0 Å². The van der Waals surface area contributed by atoms with E-state index < -0.39 is 0 Å². The zero-order chi connectivity index (χ0) is 10.8. The van der Waals surface area contributed by atoms with Crippen molar-refractivity contribution >= 4 is 16.7 Å². The van der Waals surface area contributed by atoms with E-state index in [1.54, 1.807) is 12.1 Å². The van der Waals surface area contributed by atoms with E-state index in [1.807, 2.05) is 6.07 Å². The molecule has 2 rings (SSSR count). The fourth-order valence-electron chi connectivity index (χ4n) is 1.49. The molecule has 0 unspecified atom stereocenters. The summed E-state index contributed by atoms with van der Waals surface area (Å²) < 4.78 is 12.9. The minimum atomic E-state index is -0.310. The highest BCUT2D eigenvalue weighted by Gasteiger charge is 2.02. The van der Waals surface area contributed by atoms with Gasteiger partial charge in [-0.1, -0.05) is 6.07 Å². The molecule has 0 aliphatic heterocycles. The number of carbonyl (C=O) groups excluding carboxylic acids is 1. The van der Waals surface area contributed by atoms with Gasteiger partial charge >= 0.3 is 0 Å². The van der Waals surface area contributed by atoms with E-state index in [4.69, 9.17) is 0 Å². The molecule has 1 heterocycles. The van der Waals surface area contributed by atoms with Gasteiger partial charge in [-0.3, -0.25) is 9.78 Å². The van der Waals surface area contributed by atoms with E-state index >= 15 is 0 Å². The van der Waals surface area contributed by atoms with Crippen molar-refractivity contribution in [1.82, 2.24) is 4.98 Å². The standard InChI is InChI=1S/C12H10FNO/c1-8(15)6-11-5-3-9-2-4-10(13)7-12(9)14-11/h2-5,7H,6H2,1H3. The number of aromatic nitrogens is 1. The fraction of sp³-hybridized carbons (Fsp3) is 0.167. The number of halogens is 1. The van der Waals surface area contributed by atoms with Crippen LogP contribution in [0.15, 0.2) is 30.3 Å². The number of carbonyl (C=O) groups is 1. The highest BCUT2D eigenvalue weighted by atomic mass is 19.1. The molecule has 0 saturated carbocycles. The van der Waals surface area contributed by atoms with E-state index in [9.17, 15) is 9.18 Å². The van der Waals surface area contributed by atoms with Crippen molar-refractivity contribution in [3.05, 3.63) is 41.8 Å². The van der Waals surface area contributed by atoms with E-state index in [2.05, 4.69) is 4.98 Å². The van der Waals surface area contributed by atoms with Gasteiger partial charge in [0.05, 0.1) is 5.52 Å². The van der Waals surface area contributed by atoms with Gasteiger partial charge in [0, 0.05) is 23.6 Å². The normalized spacial score (nSPS) is 10.5. The number of ketones is 1. The SMILES string of the molecule is CC(=O)Cc1ccc2ccc(F)cc2n1. The Hall–Kier alpha value is -1.77. The summed E-state index contributed by atoms with van der Waals surface area (Å²) >= 11 is 0. The number of pyridine rings is 1. The summed E-state index contributed by atoms with van der Waals surface area (Å²) in [6.07, 6.45) is 0.298. The largest absolute Gasteiger partial charge is 0.300 e. The van der Waals surface area contributed by atoms with Gasteiger partial charge in [-0.2, -0.15) is 0 Å². The summed E-state index contributed by atoms with van der Waals surface area (Å²) in [6.45, 7) is 1.51. The van der Waals surface area contributed by atoms with Gasteiger partial charge < -0.3 is 0 Å². The Labute approximate surface area is 86.8 Å². The maximum Gasteiger partial charge on any atom is 0.135 e. The first kappa shape index (κ1) is 9.77. The van der Waals surface area contributed by atoms with E-state index in [0.29, 0.717) is 17.6 Å². The third kappa shape index (κ3) is 2.18. The molecule has 1 aromatic heterocycles. The van der Waals surface area contributed by atoms with Crippen LogP contribution in [-0.2, 0) is 11.2 Å². The molecule has 0 bridgehead atoms. The van der Waals surface area contributed by atoms with Crippen LogP contribution in [0.1, 0.15) is 12.6 Å². The molecule has 0 radical (unpaired) electrons. The third-order valence-corrected chi connectivity index (χ3v) is 2.14. The van der Waals surface area contributed by atoms with E-state index in [0.717, 1.165) is 5.39 Å². The van der Waals surface area contributed by atoms with Gasteiger partial charge in [0.2, 0.25) is 0 Å². The number of rotatable bonds is 2. The fourth-order valence-corrected chi connectivity index (χ4v) is 1.49. The summed E-state index contributed by atoms with van der Waals surface area (Å²) in [6, 6.07) is 8.09.